The summed E-state index contributed by atoms with van der Waals surface area (Å²) in [7, 11) is -1.84. The lowest BCUT2D eigenvalue weighted by molar-refractivity contribution is 0.130. The predicted molar refractivity (Wildman–Crippen MR) is 182 cm³/mol. The molecule has 46 heavy (non-hydrogen) atoms. The van der Waals surface area contributed by atoms with Gasteiger partial charge in [0.1, 0.15) is 11.6 Å². The van der Waals surface area contributed by atoms with Crippen LogP contribution in [0.15, 0.2) is 41.3 Å². The van der Waals surface area contributed by atoms with Gasteiger partial charge < -0.3 is 25.0 Å². The Kier molecular flexibility index (Phi) is 9.22. The second-order valence-electron chi connectivity index (χ2n) is 13.0. The third kappa shape index (κ3) is 6.43. The fraction of sp³-hybridized carbons (Fsp3) is 0.500. The van der Waals surface area contributed by atoms with Crippen molar-refractivity contribution in [1.29, 1.82) is 0 Å². The summed E-state index contributed by atoms with van der Waals surface area (Å²) < 4.78 is 38.9. The fourth-order valence-corrected chi connectivity index (χ4v) is 8.43. The van der Waals surface area contributed by atoms with E-state index in [9.17, 15) is 8.42 Å². The molecule has 2 aromatic carbocycles. The highest BCUT2D eigenvalue weighted by molar-refractivity contribution is 7.92. The zero-order valence-corrected chi connectivity index (χ0v) is 28.4. The minimum Gasteiger partial charge on any atom is -0.489 e. The van der Waals surface area contributed by atoms with Crippen LogP contribution in [-0.4, -0.2) is 78.2 Å². The molecule has 3 N–H and O–H groups in total. The number of rotatable bonds is 8. The summed E-state index contributed by atoms with van der Waals surface area (Å²) >= 11 is 0. The molecule has 0 aliphatic carbocycles. The summed E-state index contributed by atoms with van der Waals surface area (Å²) in [6.45, 7) is 13.8. The number of fused-ring (bicyclic) bond motifs is 1. The first kappa shape index (κ1) is 32.2. The van der Waals surface area contributed by atoms with Gasteiger partial charge in [-0.3, -0.25) is 5.10 Å². The molecule has 4 heterocycles. The first-order chi connectivity index (χ1) is 22.0. The maximum absolute atomic E-state index is 13.6. The van der Waals surface area contributed by atoms with Crippen LogP contribution in [0, 0.1) is 6.92 Å². The number of H-pyrrole nitrogens is 1. The smallest absolute Gasteiger partial charge is 0.231 e. The molecule has 4 aromatic rings. The number of sulfone groups is 1. The number of piperidine rings is 1. The van der Waals surface area contributed by atoms with Gasteiger partial charge in [0.15, 0.2) is 15.5 Å². The van der Waals surface area contributed by atoms with E-state index < -0.39 is 15.1 Å². The maximum Gasteiger partial charge on any atom is 0.231 e. The molecule has 2 aromatic heterocycles. The molecule has 2 unspecified atom stereocenters. The number of nitrogens with one attached hydrogen (secondary N) is 3. The zero-order chi connectivity index (χ0) is 32.6. The van der Waals surface area contributed by atoms with Crippen LogP contribution >= 0.6 is 0 Å². The highest BCUT2D eigenvalue weighted by Gasteiger charge is 2.32. The minimum absolute atomic E-state index is 0.0330. The first-order valence-electron chi connectivity index (χ1n) is 16.2. The van der Waals surface area contributed by atoms with Gasteiger partial charge in [-0.2, -0.15) is 15.1 Å². The molecule has 0 bridgehead atoms. The van der Waals surface area contributed by atoms with Gasteiger partial charge in [0.05, 0.1) is 45.3 Å². The summed E-state index contributed by atoms with van der Waals surface area (Å²) in [5.41, 5.74) is 5.02. The van der Waals surface area contributed by atoms with Crippen molar-refractivity contribution >= 4 is 44.0 Å². The van der Waals surface area contributed by atoms with Crippen LogP contribution in [0.25, 0.3) is 11.0 Å². The van der Waals surface area contributed by atoms with Crippen LogP contribution in [0.5, 0.6) is 5.75 Å². The van der Waals surface area contributed by atoms with Crippen LogP contribution in [0.4, 0.5) is 23.1 Å². The quantitative estimate of drug-likeness (QED) is 0.196. The summed E-state index contributed by atoms with van der Waals surface area (Å²) in [4.78, 5) is 12.4. The van der Waals surface area contributed by atoms with Crippen molar-refractivity contribution in [3.8, 4) is 5.75 Å². The van der Waals surface area contributed by atoms with Crippen molar-refractivity contribution in [2.45, 2.75) is 82.0 Å². The number of para-hydroxylation sites is 1. The van der Waals surface area contributed by atoms with E-state index in [0.29, 0.717) is 35.4 Å². The molecule has 2 atom stereocenters. The Labute approximate surface area is 271 Å². The molecule has 0 spiro atoms. The van der Waals surface area contributed by atoms with Crippen molar-refractivity contribution in [2.24, 2.45) is 0 Å². The molecule has 0 amide bonds. The molecule has 6 rings (SSSR count). The van der Waals surface area contributed by atoms with E-state index in [1.807, 2.05) is 26.8 Å². The third-order valence-corrected chi connectivity index (χ3v) is 11.4. The number of likely N-dealkylation sites (tertiary alicyclic amines) is 1. The van der Waals surface area contributed by atoms with Crippen LogP contribution in [0.2, 0.25) is 0 Å². The summed E-state index contributed by atoms with van der Waals surface area (Å²) in [6, 6.07) is 11.3. The molecule has 12 heteroatoms. The molecule has 0 saturated carbocycles. The number of aromatic nitrogens is 4. The number of methoxy groups -OCH3 is 1. The number of benzene rings is 2. The van der Waals surface area contributed by atoms with Crippen LogP contribution in [0.1, 0.15) is 75.6 Å². The van der Waals surface area contributed by atoms with E-state index in [1.54, 1.807) is 32.2 Å². The van der Waals surface area contributed by atoms with Gasteiger partial charge >= 0.3 is 0 Å². The second kappa shape index (κ2) is 13.2. The molecule has 11 nitrogen and oxygen atoms in total. The van der Waals surface area contributed by atoms with E-state index in [0.717, 1.165) is 61.6 Å². The topological polar surface area (TPSA) is 134 Å². The number of ether oxygens (including phenoxy) is 2. The Balaban J connectivity index is 1.37. The third-order valence-electron chi connectivity index (χ3n) is 9.21. The Hall–Kier alpha value is -3.74. The van der Waals surface area contributed by atoms with E-state index in [1.165, 1.54) is 11.1 Å². The van der Waals surface area contributed by atoms with E-state index >= 15 is 0 Å². The standard InChI is InChI=1S/C34H45N7O4S/c1-20(2)45-28-19-25(24-11-13-41(14-12-24)15-16-44-6)21(3)18-27(28)36-34-37-32-30-31(39-40-33(30)38-34)22(4)17-23(5)46(42,43)29-10-8-7-9-26(29)35-32/h7-10,18-20,22-24H,11-17H2,1-6H3,(H3,35,36,37,38,39,40). The Bertz CT molecular complexity index is 1820. The van der Waals surface area contributed by atoms with Crippen molar-refractivity contribution in [3.05, 3.63) is 53.2 Å². The van der Waals surface area contributed by atoms with Gasteiger partial charge in [-0.1, -0.05) is 19.1 Å². The van der Waals surface area contributed by atoms with Crippen molar-refractivity contribution in [2.75, 3.05) is 44.0 Å². The van der Waals surface area contributed by atoms with E-state index in [-0.39, 0.29) is 16.9 Å². The first-order valence-corrected chi connectivity index (χ1v) is 17.7. The van der Waals surface area contributed by atoms with Crippen molar-refractivity contribution in [1.82, 2.24) is 25.1 Å². The Morgan fingerprint density at radius 3 is 2.61 bits per heavy atom. The lowest BCUT2D eigenvalue weighted by atomic mass is 9.86. The predicted octanol–water partition coefficient (Wildman–Crippen LogP) is 6.43. The van der Waals surface area contributed by atoms with Gasteiger partial charge in [-0.15, -0.1) is 0 Å². The molecular formula is C34H45N7O4S. The maximum atomic E-state index is 13.6. The van der Waals surface area contributed by atoms with Gasteiger partial charge in [-0.25, -0.2) is 8.42 Å². The average Bonchev–Trinajstić information content (AvgIpc) is 3.46. The summed E-state index contributed by atoms with van der Waals surface area (Å²) in [5.74, 6) is 1.90. The highest BCUT2D eigenvalue weighted by Crippen LogP contribution is 2.40. The fourth-order valence-electron chi connectivity index (χ4n) is 6.76. The molecule has 1 fully saturated rings. The monoisotopic (exact) mass is 647 g/mol. The number of anilines is 4. The molecule has 2 aliphatic heterocycles. The molecular weight excluding hydrogens is 602 g/mol. The number of hydrogen-bond donors (Lipinski definition) is 3. The van der Waals surface area contributed by atoms with Gasteiger partial charge in [0, 0.05) is 13.7 Å². The van der Waals surface area contributed by atoms with Crippen LogP contribution in [-0.2, 0) is 14.6 Å². The summed E-state index contributed by atoms with van der Waals surface area (Å²) in [6.07, 6.45) is 2.57. The van der Waals surface area contributed by atoms with Crippen molar-refractivity contribution in [3.63, 3.8) is 0 Å². The summed E-state index contributed by atoms with van der Waals surface area (Å²) in [5, 5.41) is 14.6. The Morgan fingerprint density at radius 1 is 1.11 bits per heavy atom. The van der Waals surface area contributed by atoms with Crippen molar-refractivity contribution < 1.29 is 17.9 Å². The SMILES string of the molecule is COCCN1CCC(c2cc(OC(C)C)c(Nc3nc4c5c([nH]nc5n3)C(C)CC(C)S(=O)(=O)c3ccccc3N4)cc2C)CC1. The van der Waals surface area contributed by atoms with Gasteiger partial charge in [0.25, 0.3) is 0 Å². The van der Waals surface area contributed by atoms with E-state index in [4.69, 9.17) is 19.4 Å². The number of aryl methyl sites for hydroxylation is 1. The Morgan fingerprint density at radius 2 is 1.87 bits per heavy atom. The lowest BCUT2D eigenvalue weighted by Crippen LogP contribution is -2.35. The van der Waals surface area contributed by atoms with Gasteiger partial charge in [0.2, 0.25) is 5.95 Å². The largest absolute Gasteiger partial charge is 0.489 e. The highest BCUT2D eigenvalue weighted by atomic mass is 32.2. The second-order valence-corrected chi connectivity index (χ2v) is 15.3. The van der Waals surface area contributed by atoms with Crippen LogP contribution < -0.4 is 15.4 Å². The lowest BCUT2D eigenvalue weighted by Gasteiger charge is -2.33. The minimum atomic E-state index is -3.59. The van der Waals surface area contributed by atoms with E-state index in [2.05, 4.69) is 44.8 Å². The van der Waals surface area contributed by atoms with Crippen LogP contribution in [0.3, 0.4) is 0 Å². The molecule has 246 valence electrons. The average molecular weight is 648 g/mol. The number of aromatic amines is 1. The van der Waals surface area contributed by atoms with Gasteiger partial charge in [-0.05, 0) is 107 Å². The zero-order valence-electron chi connectivity index (χ0n) is 27.6. The molecule has 0 radical (unpaired) electrons. The molecule has 1 saturated heterocycles. The number of hydrogen-bond acceptors (Lipinski definition) is 10. The molecule has 2 aliphatic rings. The number of nitrogens with zero attached hydrogens (tertiary/aromatic N) is 4. The normalized spacial score (nSPS) is 20.3.